The van der Waals surface area contributed by atoms with E-state index < -0.39 is 0 Å². The fraction of sp³-hybridized carbons (Fsp3) is 0.357. The number of esters is 1. The number of aryl methyl sites for hydroxylation is 1. The smallest absolute Gasteiger partial charge is 0.306 e. The van der Waals surface area contributed by atoms with Gasteiger partial charge in [-0.1, -0.05) is 23.8 Å². The van der Waals surface area contributed by atoms with Crippen molar-refractivity contribution in [1.29, 1.82) is 0 Å². The van der Waals surface area contributed by atoms with E-state index >= 15 is 0 Å². The molecule has 0 radical (unpaired) electrons. The largest absolute Gasteiger partial charge is 0.508 e. The third-order valence-electron chi connectivity index (χ3n) is 2.33. The molecule has 0 aliphatic rings. The van der Waals surface area contributed by atoms with E-state index in [1.165, 1.54) is 0 Å². The molecule has 3 nitrogen and oxygen atoms in total. The zero-order valence-corrected chi connectivity index (χ0v) is 10.3. The van der Waals surface area contributed by atoms with Crippen molar-refractivity contribution >= 4 is 5.97 Å². The molecular formula is C14H18O3. The van der Waals surface area contributed by atoms with E-state index in [0.29, 0.717) is 13.0 Å². The normalized spacial score (nSPS) is 9.76. The highest BCUT2D eigenvalue weighted by Gasteiger charge is 2.05. The summed E-state index contributed by atoms with van der Waals surface area (Å²) in [5.41, 5.74) is 1.89. The first-order chi connectivity index (χ1) is 8.09. The zero-order valence-electron chi connectivity index (χ0n) is 10.3. The van der Waals surface area contributed by atoms with Gasteiger partial charge in [-0.25, -0.2) is 0 Å². The lowest BCUT2D eigenvalue weighted by Gasteiger charge is -2.04. The van der Waals surface area contributed by atoms with E-state index in [9.17, 15) is 9.90 Å². The molecule has 0 fully saturated rings. The van der Waals surface area contributed by atoms with Gasteiger partial charge in [-0.05, 0) is 38.0 Å². The molecule has 92 valence electrons. The summed E-state index contributed by atoms with van der Waals surface area (Å²) in [5.74, 6) is -0.0182. The van der Waals surface area contributed by atoms with Crippen LogP contribution in [0.25, 0.3) is 0 Å². The Morgan fingerprint density at radius 3 is 2.71 bits per heavy atom. The maximum absolute atomic E-state index is 11.4. The molecule has 1 rings (SSSR count). The first-order valence-electron chi connectivity index (χ1n) is 5.65. The van der Waals surface area contributed by atoms with Gasteiger partial charge in [-0.3, -0.25) is 4.79 Å². The van der Waals surface area contributed by atoms with Crippen LogP contribution in [0.5, 0.6) is 5.75 Å². The Hall–Kier alpha value is -1.77. The topological polar surface area (TPSA) is 46.5 Å². The number of rotatable bonds is 5. The molecule has 0 heterocycles. The van der Waals surface area contributed by atoms with Crippen molar-refractivity contribution in [3.05, 3.63) is 41.5 Å². The van der Waals surface area contributed by atoms with Gasteiger partial charge in [0.15, 0.2) is 0 Å². The van der Waals surface area contributed by atoms with Crippen molar-refractivity contribution in [3.63, 3.8) is 0 Å². The Labute approximate surface area is 102 Å². The van der Waals surface area contributed by atoms with Gasteiger partial charge in [-0.2, -0.15) is 0 Å². The average Bonchev–Trinajstić information content (AvgIpc) is 2.27. The third-order valence-corrected chi connectivity index (χ3v) is 2.33. The molecule has 0 amide bonds. The van der Waals surface area contributed by atoms with Crippen LogP contribution in [0.2, 0.25) is 0 Å². The van der Waals surface area contributed by atoms with Crippen molar-refractivity contribution < 1.29 is 14.6 Å². The van der Waals surface area contributed by atoms with E-state index in [1.807, 2.05) is 26.0 Å². The second-order valence-corrected chi connectivity index (χ2v) is 4.09. The molecule has 0 aliphatic heterocycles. The molecule has 0 saturated heterocycles. The van der Waals surface area contributed by atoms with Gasteiger partial charge in [0.2, 0.25) is 0 Å². The molecule has 17 heavy (non-hydrogen) atoms. The molecule has 0 spiro atoms. The third kappa shape index (κ3) is 5.20. The molecular weight excluding hydrogens is 216 g/mol. The molecule has 1 aromatic rings. The van der Waals surface area contributed by atoms with Crippen LogP contribution < -0.4 is 0 Å². The highest BCUT2D eigenvalue weighted by atomic mass is 16.5. The number of allylic oxidation sites excluding steroid dienone is 1. The Morgan fingerprint density at radius 2 is 2.06 bits per heavy atom. The van der Waals surface area contributed by atoms with Crippen molar-refractivity contribution in [3.8, 4) is 5.75 Å². The maximum Gasteiger partial charge on any atom is 0.306 e. The lowest BCUT2D eigenvalue weighted by molar-refractivity contribution is -0.142. The molecule has 0 bridgehead atoms. The van der Waals surface area contributed by atoms with E-state index in [-0.39, 0.29) is 18.1 Å². The standard InChI is InChI=1S/C14H18O3/c1-11(2)9-10-17-14(16)8-7-12-5-3-4-6-13(12)15/h3-6,9,15H,7-8,10H2,1-2H3. The Bertz CT molecular complexity index is 404. The predicted molar refractivity (Wildman–Crippen MR) is 66.8 cm³/mol. The first kappa shape index (κ1) is 13.3. The summed E-state index contributed by atoms with van der Waals surface area (Å²) in [6.07, 6.45) is 2.65. The van der Waals surface area contributed by atoms with Gasteiger partial charge in [0.05, 0.1) is 0 Å². The summed E-state index contributed by atoms with van der Waals surface area (Å²) in [5, 5.41) is 9.51. The summed E-state index contributed by atoms with van der Waals surface area (Å²) in [7, 11) is 0. The number of phenols is 1. The summed E-state index contributed by atoms with van der Waals surface area (Å²) in [6.45, 7) is 4.23. The van der Waals surface area contributed by atoms with Crippen LogP contribution in [0.1, 0.15) is 25.8 Å². The van der Waals surface area contributed by atoms with E-state index in [1.54, 1.807) is 18.2 Å². The van der Waals surface area contributed by atoms with Crippen molar-refractivity contribution in [2.45, 2.75) is 26.7 Å². The number of carbonyl (C=O) groups excluding carboxylic acids is 1. The molecule has 1 aromatic carbocycles. The van der Waals surface area contributed by atoms with Gasteiger partial charge in [0.1, 0.15) is 12.4 Å². The lowest BCUT2D eigenvalue weighted by atomic mass is 10.1. The predicted octanol–water partition coefficient (Wildman–Crippen LogP) is 2.83. The number of carbonyl (C=O) groups is 1. The SMILES string of the molecule is CC(C)=CCOC(=O)CCc1ccccc1O. The fourth-order valence-electron chi connectivity index (χ4n) is 1.33. The number of benzene rings is 1. The van der Waals surface area contributed by atoms with Crippen LogP contribution >= 0.6 is 0 Å². The highest BCUT2D eigenvalue weighted by Crippen LogP contribution is 2.17. The second kappa shape index (κ2) is 6.74. The van der Waals surface area contributed by atoms with Gasteiger partial charge >= 0.3 is 5.97 Å². The molecule has 0 aromatic heterocycles. The second-order valence-electron chi connectivity index (χ2n) is 4.09. The minimum Gasteiger partial charge on any atom is -0.508 e. The highest BCUT2D eigenvalue weighted by molar-refractivity contribution is 5.70. The van der Waals surface area contributed by atoms with Crippen LogP contribution in [0.15, 0.2) is 35.9 Å². The minimum atomic E-state index is -0.245. The minimum absolute atomic E-state index is 0.226. The molecule has 0 saturated carbocycles. The number of hydrogen-bond acceptors (Lipinski definition) is 3. The van der Waals surface area contributed by atoms with Gasteiger partial charge in [0.25, 0.3) is 0 Å². The fourth-order valence-corrected chi connectivity index (χ4v) is 1.33. The molecule has 3 heteroatoms. The van der Waals surface area contributed by atoms with Crippen molar-refractivity contribution in [1.82, 2.24) is 0 Å². The quantitative estimate of drug-likeness (QED) is 0.629. The first-order valence-corrected chi connectivity index (χ1v) is 5.65. The number of hydrogen-bond donors (Lipinski definition) is 1. The maximum atomic E-state index is 11.4. The van der Waals surface area contributed by atoms with Gasteiger partial charge in [0, 0.05) is 6.42 Å². The molecule has 1 N–H and O–H groups in total. The van der Waals surface area contributed by atoms with Crippen LogP contribution in [0, 0.1) is 0 Å². The summed E-state index contributed by atoms with van der Waals surface area (Å²) >= 11 is 0. The van der Waals surface area contributed by atoms with Crippen LogP contribution in [0.4, 0.5) is 0 Å². The lowest BCUT2D eigenvalue weighted by Crippen LogP contribution is -2.06. The number of para-hydroxylation sites is 1. The van der Waals surface area contributed by atoms with Crippen molar-refractivity contribution in [2.24, 2.45) is 0 Å². The summed E-state index contributed by atoms with van der Waals surface area (Å²) < 4.78 is 5.02. The van der Waals surface area contributed by atoms with Gasteiger partial charge < -0.3 is 9.84 Å². The van der Waals surface area contributed by atoms with E-state index in [4.69, 9.17) is 4.74 Å². The van der Waals surface area contributed by atoms with Crippen LogP contribution in [-0.4, -0.2) is 17.7 Å². The average molecular weight is 234 g/mol. The van der Waals surface area contributed by atoms with E-state index in [2.05, 4.69) is 0 Å². The Balaban J connectivity index is 2.34. The molecule has 0 unspecified atom stereocenters. The molecule has 0 atom stereocenters. The zero-order chi connectivity index (χ0) is 12.7. The number of ether oxygens (including phenoxy) is 1. The van der Waals surface area contributed by atoms with Crippen LogP contribution in [-0.2, 0) is 16.0 Å². The van der Waals surface area contributed by atoms with Crippen molar-refractivity contribution in [2.75, 3.05) is 6.61 Å². The Kier molecular flexibility index (Phi) is 5.27. The van der Waals surface area contributed by atoms with E-state index in [0.717, 1.165) is 11.1 Å². The number of phenolic OH excluding ortho intramolecular Hbond substituents is 1. The summed E-state index contributed by atoms with van der Waals surface area (Å²) in [4.78, 5) is 11.4. The monoisotopic (exact) mass is 234 g/mol. The Morgan fingerprint density at radius 1 is 1.35 bits per heavy atom. The number of aromatic hydroxyl groups is 1. The molecule has 0 aliphatic carbocycles. The summed E-state index contributed by atoms with van der Waals surface area (Å²) in [6, 6.07) is 7.01. The van der Waals surface area contributed by atoms with Crippen LogP contribution in [0.3, 0.4) is 0 Å². The van der Waals surface area contributed by atoms with Gasteiger partial charge in [-0.15, -0.1) is 0 Å².